The number of hydrogen-bond acceptors (Lipinski definition) is 4. The topological polar surface area (TPSA) is 74.8 Å². The minimum Gasteiger partial charge on any atom is -0.484 e. The Morgan fingerprint density at radius 1 is 1.27 bits per heavy atom. The zero-order chi connectivity index (χ0) is 21.2. The molecular weight excluding hydrogens is 396 g/mol. The van der Waals surface area contributed by atoms with Crippen LogP contribution in [0.15, 0.2) is 46.8 Å². The lowest BCUT2D eigenvalue weighted by atomic mass is 10.1. The van der Waals surface area contributed by atoms with Crippen LogP contribution in [0.1, 0.15) is 37.1 Å². The second kappa shape index (κ2) is 11.6. The predicted octanol–water partition coefficient (Wildman–Crippen LogP) is 3.34. The molecule has 2 aromatic rings. The molecule has 1 aromatic carbocycles. The molecule has 0 aliphatic heterocycles. The van der Waals surface area contributed by atoms with Gasteiger partial charge in [0.25, 0.3) is 5.91 Å². The number of rotatable bonds is 11. The quantitative estimate of drug-likeness (QED) is 0.379. The maximum atomic E-state index is 11.8. The first-order chi connectivity index (χ1) is 14.6. The second-order valence-electron chi connectivity index (χ2n) is 7.74. The summed E-state index contributed by atoms with van der Waals surface area (Å²) in [6.45, 7) is 6.58. The van der Waals surface area contributed by atoms with Crippen molar-refractivity contribution in [1.29, 1.82) is 0 Å². The molecule has 1 fully saturated rings. The summed E-state index contributed by atoms with van der Waals surface area (Å²) in [5.41, 5.74) is 1.04. The fourth-order valence-electron chi connectivity index (χ4n) is 3.01. The normalized spacial score (nSPS) is 14.8. The van der Waals surface area contributed by atoms with Crippen molar-refractivity contribution >= 4 is 23.2 Å². The number of benzene rings is 1. The van der Waals surface area contributed by atoms with E-state index >= 15 is 0 Å². The molecule has 0 spiro atoms. The lowest BCUT2D eigenvalue weighted by Crippen LogP contribution is -2.39. The number of guanidine groups is 1. The molecule has 1 heterocycles. The molecule has 1 atom stereocenters. The Morgan fingerprint density at radius 3 is 2.87 bits per heavy atom. The molecule has 0 bridgehead atoms. The van der Waals surface area contributed by atoms with Gasteiger partial charge in [0, 0.05) is 24.0 Å². The molecule has 6 nitrogen and oxygen atoms in total. The van der Waals surface area contributed by atoms with Crippen molar-refractivity contribution in [1.82, 2.24) is 16.0 Å². The summed E-state index contributed by atoms with van der Waals surface area (Å²) < 4.78 is 5.63. The fourth-order valence-corrected chi connectivity index (χ4v) is 3.88. The van der Waals surface area contributed by atoms with Gasteiger partial charge in [0.05, 0.1) is 6.54 Å². The maximum Gasteiger partial charge on any atom is 0.258 e. The number of aliphatic imine (C=N–C) groups is 1. The number of hydrogen-bond donors (Lipinski definition) is 3. The monoisotopic (exact) mass is 428 g/mol. The van der Waals surface area contributed by atoms with E-state index in [1.165, 1.54) is 4.88 Å². The number of nitrogens with one attached hydrogen (secondary N) is 3. The van der Waals surface area contributed by atoms with Gasteiger partial charge in [-0.1, -0.05) is 25.1 Å². The highest BCUT2D eigenvalue weighted by Crippen LogP contribution is 2.19. The molecule has 1 aliphatic carbocycles. The van der Waals surface area contributed by atoms with Gasteiger partial charge in [0.15, 0.2) is 12.6 Å². The highest BCUT2D eigenvalue weighted by atomic mass is 32.1. The molecule has 7 heteroatoms. The maximum absolute atomic E-state index is 11.8. The van der Waals surface area contributed by atoms with Crippen molar-refractivity contribution < 1.29 is 9.53 Å². The number of carbonyl (C=O) groups excluding carboxylic acids is 1. The van der Waals surface area contributed by atoms with E-state index in [4.69, 9.17) is 9.73 Å². The average molecular weight is 429 g/mol. The molecule has 3 N–H and O–H groups in total. The Labute approximate surface area is 183 Å². The molecule has 30 heavy (non-hydrogen) atoms. The Balaban J connectivity index is 1.47. The largest absolute Gasteiger partial charge is 0.484 e. The van der Waals surface area contributed by atoms with Crippen molar-refractivity contribution in [3.8, 4) is 5.75 Å². The number of ether oxygens (including phenoxy) is 1. The van der Waals surface area contributed by atoms with Crippen LogP contribution in [-0.4, -0.2) is 37.6 Å². The van der Waals surface area contributed by atoms with Crippen LogP contribution >= 0.6 is 11.3 Å². The van der Waals surface area contributed by atoms with Crippen LogP contribution in [0.2, 0.25) is 0 Å². The molecule has 1 amide bonds. The lowest BCUT2D eigenvalue weighted by molar-refractivity contribution is -0.123. The number of carbonyl (C=O) groups is 1. The molecule has 3 rings (SSSR count). The van der Waals surface area contributed by atoms with E-state index in [9.17, 15) is 4.79 Å². The zero-order valence-electron chi connectivity index (χ0n) is 17.8. The Morgan fingerprint density at radius 2 is 2.13 bits per heavy atom. The van der Waals surface area contributed by atoms with Crippen LogP contribution < -0.4 is 20.7 Å². The molecule has 0 radical (unpaired) electrons. The molecule has 1 unspecified atom stereocenters. The first-order valence-electron chi connectivity index (χ1n) is 10.7. The van der Waals surface area contributed by atoms with Crippen LogP contribution in [0.4, 0.5) is 0 Å². The van der Waals surface area contributed by atoms with Gasteiger partial charge in [-0.05, 0) is 61.2 Å². The van der Waals surface area contributed by atoms with Crippen LogP contribution in [-0.2, 0) is 17.8 Å². The standard InChI is InChI=1S/C23H32N4O2S/c1-3-24-23(25-14-17(2)12-21-8-5-11-30-21)26-15-18-6-4-7-20(13-18)29-16-22(28)27-19-9-10-19/h4-8,11,13,17,19H,3,9-10,12,14-16H2,1-2H3,(H,27,28)(H2,24,25,26). The minimum absolute atomic E-state index is 0.0511. The third kappa shape index (κ3) is 8.06. The van der Waals surface area contributed by atoms with Gasteiger partial charge < -0.3 is 20.7 Å². The molecule has 1 aromatic heterocycles. The van der Waals surface area contributed by atoms with Gasteiger partial charge in [-0.3, -0.25) is 4.79 Å². The number of nitrogens with zero attached hydrogens (tertiary/aromatic N) is 1. The summed E-state index contributed by atoms with van der Waals surface area (Å²) >= 11 is 1.81. The van der Waals surface area contributed by atoms with E-state index in [0.29, 0.717) is 24.3 Å². The summed E-state index contributed by atoms with van der Waals surface area (Å²) in [7, 11) is 0. The Hall–Kier alpha value is -2.54. The first-order valence-corrected chi connectivity index (χ1v) is 11.6. The number of thiophene rings is 1. The van der Waals surface area contributed by atoms with Crippen LogP contribution in [0.5, 0.6) is 5.75 Å². The molecule has 1 aliphatic rings. The van der Waals surface area contributed by atoms with Gasteiger partial charge in [-0.25, -0.2) is 4.99 Å². The summed E-state index contributed by atoms with van der Waals surface area (Å²) in [5.74, 6) is 1.96. The van der Waals surface area contributed by atoms with Crippen molar-refractivity contribution in [2.24, 2.45) is 10.9 Å². The van der Waals surface area contributed by atoms with E-state index in [1.807, 2.05) is 24.3 Å². The Kier molecular flexibility index (Phi) is 8.56. The summed E-state index contributed by atoms with van der Waals surface area (Å²) in [4.78, 5) is 17.9. The lowest BCUT2D eigenvalue weighted by Gasteiger charge is -2.15. The predicted molar refractivity (Wildman–Crippen MR) is 123 cm³/mol. The van der Waals surface area contributed by atoms with E-state index in [2.05, 4.69) is 47.3 Å². The zero-order valence-corrected chi connectivity index (χ0v) is 18.6. The highest BCUT2D eigenvalue weighted by Gasteiger charge is 2.23. The van der Waals surface area contributed by atoms with Gasteiger partial charge in [0.2, 0.25) is 0 Å². The summed E-state index contributed by atoms with van der Waals surface area (Å²) in [5, 5.41) is 11.8. The van der Waals surface area contributed by atoms with Crippen LogP contribution in [0.25, 0.3) is 0 Å². The second-order valence-corrected chi connectivity index (χ2v) is 8.77. The number of amides is 1. The highest BCUT2D eigenvalue weighted by molar-refractivity contribution is 7.09. The van der Waals surface area contributed by atoms with Crippen LogP contribution in [0.3, 0.4) is 0 Å². The van der Waals surface area contributed by atoms with Crippen molar-refractivity contribution in [3.63, 3.8) is 0 Å². The van der Waals surface area contributed by atoms with E-state index in [0.717, 1.165) is 43.9 Å². The molecule has 0 saturated heterocycles. The van der Waals surface area contributed by atoms with Gasteiger partial charge in [-0.15, -0.1) is 11.3 Å². The van der Waals surface area contributed by atoms with Crippen molar-refractivity contribution in [2.75, 3.05) is 19.7 Å². The third-order valence-electron chi connectivity index (χ3n) is 4.72. The van der Waals surface area contributed by atoms with E-state index in [1.54, 1.807) is 11.3 Å². The van der Waals surface area contributed by atoms with E-state index in [-0.39, 0.29) is 12.5 Å². The molecular formula is C23H32N4O2S. The Bertz CT molecular complexity index is 818. The average Bonchev–Trinajstić information content (AvgIpc) is 3.41. The fraction of sp³-hybridized carbons (Fsp3) is 0.478. The molecule has 162 valence electrons. The van der Waals surface area contributed by atoms with E-state index < -0.39 is 0 Å². The summed E-state index contributed by atoms with van der Waals surface area (Å²) in [6.07, 6.45) is 3.22. The van der Waals surface area contributed by atoms with Crippen molar-refractivity contribution in [2.45, 2.75) is 45.7 Å². The first kappa shape index (κ1) is 22.2. The molecule has 1 saturated carbocycles. The SMILES string of the molecule is CCNC(=NCc1cccc(OCC(=O)NC2CC2)c1)NCC(C)Cc1cccs1. The third-order valence-corrected chi connectivity index (χ3v) is 5.62. The minimum atomic E-state index is -0.0591. The van der Waals surface area contributed by atoms with Gasteiger partial charge in [-0.2, -0.15) is 0 Å². The smallest absolute Gasteiger partial charge is 0.258 e. The van der Waals surface area contributed by atoms with Gasteiger partial charge in [0.1, 0.15) is 5.75 Å². The van der Waals surface area contributed by atoms with Crippen LogP contribution in [0, 0.1) is 5.92 Å². The van der Waals surface area contributed by atoms with Crippen molar-refractivity contribution in [3.05, 3.63) is 52.2 Å². The summed E-state index contributed by atoms with van der Waals surface area (Å²) in [6, 6.07) is 12.4. The van der Waals surface area contributed by atoms with Gasteiger partial charge >= 0.3 is 0 Å².